The number of urea groups is 1. The Labute approximate surface area is 103 Å². The first-order chi connectivity index (χ1) is 8.20. The number of carbonyl (C=O) groups excluding carboxylic acids is 2. The van der Waals surface area contributed by atoms with Crippen molar-refractivity contribution >= 4 is 29.0 Å². The van der Waals surface area contributed by atoms with Gasteiger partial charge in [0.15, 0.2) is 0 Å². The van der Waals surface area contributed by atoms with Gasteiger partial charge in [0.25, 0.3) is 0 Å². The molecule has 0 unspecified atom stereocenters. The van der Waals surface area contributed by atoms with E-state index in [0.29, 0.717) is 10.6 Å². The van der Waals surface area contributed by atoms with Crippen LogP contribution in [0.4, 0.5) is 10.5 Å². The van der Waals surface area contributed by atoms with E-state index in [-0.39, 0.29) is 12.1 Å². The van der Waals surface area contributed by atoms with Crippen molar-refractivity contribution in [1.29, 1.82) is 0 Å². The SMILES string of the molecule is COC(=O)c1sccc1NC(=O)NC1CCC1. The van der Waals surface area contributed by atoms with Crippen molar-refractivity contribution in [3.63, 3.8) is 0 Å². The lowest BCUT2D eigenvalue weighted by molar-refractivity contribution is 0.0607. The fraction of sp³-hybridized carbons (Fsp3) is 0.455. The molecule has 1 aliphatic carbocycles. The summed E-state index contributed by atoms with van der Waals surface area (Å²) in [7, 11) is 1.32. The summed E-state index contributed by atoms with van der Waals surface area (Å²) in [5.74, 6) is -0.432. The molecule has 0 aliphatic heterocycles. The molecule has 0 aromatic carbocycles. The molecule has 1 heterocycles. The first kappa shape index (κ1) is 11.9. The molecule has 0 spiro atoms. The van der Waals surface area contributed by atoms with Crippen molar-refractivity contribution in [2.24, 2.45) is 0 Å². The number of ether oxygens (including phenoxy) is 1. The number of anilines is 1. The maximum atomic E-state index is 11.6. The van der Waals surface area contributed by atoms with Crippen LogP contribution in [-0.4, -0.2) is 25.2 Å². The number of carbonyl (C=O) groups is 2. The second-order valence-electron chi connectivity index (χ2n) is 3.88. The van der Waals surface area contributed by atoms with Crippen LogP contribution in [-0.2, 0) is 4.74 Å². The summed E-state index contributed by atoms with van der Waals surface area (Å²) in [5.41, 5.74) is 0.499. The highest BCUT2D eigenvalue weighted by Crippen LogP contribution is 2.23. The fourth-order valence-electron chi connectivity index (χ4n) is 1.55. The molecule has 2 N–H and O–H groups in total. The molecule has 17 heavy (non-hydrogen) atoms. The van der Waals surface area contributed by atoms with Crippen LogP contribution in [0.25, 0.3) is 0 Å². The normalized spacial score (nSPS) is 14.9. The number of methoxy groups -OCH3 is 1. The molecule has 2 rings (SSSR count). The molecule has 1 saturated carbocycles. The maximum absolute atomic E-state index is 11.6. The summed E-state index contributed by atoms with van der Waals surface area (Å²) >= 11 is 1.25. The van der Waals surface area contributed by atoms with Gasteiger partial charge >= 0.3 is 12.0 Å². The van der Waals surface area contributed by atoms with Crippen LogP contribution in [0, 0.1) is 0 Å². The maximum Gasteiger partial charge on any atom is 0.350 e. The van der Waals surface area contributed by atoms with Gasteiger partial charge < -0.3 is 15.4 Å². The van der Waals surface area contributed by atoms with Crippen molar-refractivity contribution in [3.05, 3.63) is 16.3 Å². The highest BCUT2D eigenvalue weighted by Gasteiger charge is 2.21. The molecule has 6 heteroatoms. The van der Waals surface area contributed by atoms with Gasteiger partial charge in [-0.15, -0.1) is 11.3 Å². The number of esters is 1. The second kappa shape index (κ2) is 5.18. The van der Waals surface area contributed by atoms with Gasteiger partial charge in [-0.2, -0.15) is 0 Å². The molecule has 0 saturated heterocycles. The summed E-state index contributed by atoms with van der Waals surface area (Å²) in [6.07, 6.45) is 3.22. The van der Waals surface area contributed by atoms with Crippen LogP contribution in [0.3, 0.4) is 0 Å². The van der Waals surface area contributed by atoms with Crippen molar-refractivity contribution in [3.8, 4) is 0 Å². The third-order valence-corrected chi connectivity index (χ3v) is 3.62. The Morgan fingerprint density at radius 2 is 2.24 bits per heavy atom. The van der Waals surface area contributed by atoms with Crippen LogP contribution in [0.5, 0.6) is 0 Å². The zero-order valence-corrected chi connectivity index (χ0v) is 10.3. The molecule has 2 amide bonds. The van der Waals surface area contributed by atoms with Gasteiger partial charge in [0, 0.05) is 6.04 Å². The molecular weight excluding hydrogens is 240 g/mol. The average molecular weight is 254 g/mol. The third-order valence-electron chi connectivity index (χ3n) is 2.72. The summed E-state index contributed by atoms with van der Waals surface area (Å²) in [6, 6.07) is 1.70. The smallest absolute Gasteiger partial charge is 0.350 e. The molecule has 1 aromatic rings. The minimum Gasteiger partial charge on any atom is -0.465 e. The van der Waals surface area contributed by atoms with Gasteiger partial charge in [-0.3, -0.25) is 0 Å². The average Bonchev–Trinajstić information content (AvgIpc) is 2.70. The van der Waals surface area contributed by atoms with E-state index in [0.717, 1.165) is 19.3 Å². The molecule has 5 nitrogen and oxygen atoms in total. The molecule has 92 valence electrons. The monoisotopic (exact) mass is 254 g/mol. The number of thiophene rings is 1. The van der Waals surface area contributed by atoms with Gasteiger partial charge in [0.05, 0.1) is 12.8 Å². The van der Waals surface area contributed by atoms with Crippen LogP contribution in [0.1, 0.15) is 28.9 Å². The number of hydrogen-bond acceptors (Lipinski definition) is 4. The number of rotatable bonds is 3. The van der Waals surface area contributed by atoms with Crippen molar-refractivity contribution in [1.82, 2.24) is 5.32 Å². The largest absolute Gasteiger partial charge is 0.465 e. The zero-order valence-electron chi connectivity index (χ0n) is 9.49. The first-order valence-electron chi connectivity index (χ1n) is 5.44. The van der Waals surface area contributed by atoms with Gasteiger partial charge in [0.1, 0.15) is 4.88 Å². The zero-order chi connectivity index (χ0) is 12.3. The molecule has 0 bridgehead atoms. The molecule has 0 atom stereocenters. The summed E-state index contributed by atoms with van der Waals surface area (Å²) in [4.78, 5) is 23.4. The predicted molar refractivity (Wildman–Crippen MR) is 65.5 cm³/mol. The Morgan fingerprint density at radius 3 is 2.82 bits per heavy atom. The van der Waals surface area contributed by atoms with E-state index in [2.05, 4.69) is 15.4 Å². The summed E-state index contributed by atoms with van der Waals surface area (Å²) in [5, 5.41) is 7.25. The Balaban J connectivity index is 1.95. The van der Waals surface area contributed by atoms with Crippen molar-refractivity contribution in [2.75, 3.05) is 12.4 Å². The number of nitrogens with one attached hydrogen (secondary N) is 2. The van der Waals surface area contributed by atoms with Crippen LogP contribution in [0.15, 0.2) is 11.4 Å². The molecule has 1 aliphatic rings. The standard InChI is InChI=1S/C11H14N2O3S/c1-16-10(14)9-8(5-6-17-9)13-11(15)12-7-3-2-4-7/h5-7H,2-4H2,1H3,(H2,12,13,15). The minimum absolute atomic E-state index is 0.266. The third kappa shape index (κ3) is 2.76. The highest BCUT2D eigenvalue weighted by molar-refractivity contribution is 7.12. The predicted octanol–water partition coefficient (Wildman–Crippen LogP) is 2.21. The molecule has 0 radical (unpaired) electrons. The van der Waals surface area contributed by atoms with Crippen LogP contribution < -0.4 is 10.6 Å². The van der Waals surface area contributed by atoms with E-state index in [4.69, 9.17) is 0 Å². The minimum atomic E-state index is -0.432. The van der Waals surface area contributed by atoms with E-state index in [1.54, 1.807) is 11.4 Å². The van der Waals surface area contributed by atoms with E-state index in [9.17, 15) is 9.59 Å². The van der Waals surface area contributed by atoms with Crippen LogP contribution >= 0.6 is 11.3 Å². The quantitative estimate of drug-likeness (QED) is 0.813. The number of amides is 2. The van der Waals surface area contributed by atoms with Gasteiger partial charge in [0.2, 0.25) is 0 Å². The topological polar surface area (TPSA) is 67.4 Å². The lowest BCUT2D eigenvalue weighted by Gasteiger charge is -2.26. The summed E-state index contributed by atoms with van der Waals surface area (Å²) in [6.45, 7) is 0. The van der Waals surface area contributed by atoms with Crippen LogP contribution in [0.2, 0.25) is 0 Å². The highest BCUT2D eigenvalue weighted by atomic mass is 32.1. The van der Waals surface area contributed by atoms with Crippen molar-refractivity contribution in [2.45, 2.75) is 25.3 Å². The first-order valence-corrected chi connectivity index (χ1v) is 6.32. The van der Waals surface area contributed by atoms with Gasteiger partial charge in [-0.05, 0) is 30.7 Å². The second-order valence-corrected chi connectivity index (χ2v) is 4.80. The van der Waals surface area contributed by atoms with E-state index >= 15 is 0 Å². The Morgan fingerprint density at radius 1 is 1.47 bits per heavy atom. The lowest BCUT2D eigenvalue weighted by atomic mass is 9.93. The van der Waals surface area contributed by atoms with E-state index < -0.39 is 5.97 Å². The Kier molecular flexibility index (Phi) is 3.63. The fourth-order valence-corrected chi connectivity index (χ4v) is 2.32. The molecule has 1 aromatic heterocycles. The molecular formula is C11H14N2O3S. The Bertz CT molecular complexity index is 426. The van der Waals surface area contributed by atoms with E-state index in [1.165, 1.54) is 18.4 Å². The van der Waals surface area contributed by atoms with E-state index in [1.807, 2.05) is 0 Å². The van der Waals surface area contributed by atoms with Crippen molar-refractivity contribution < 1.29 is 14.3 Å². The van der Waals surface area contributed by atoms with Gasteiger partial charge in [-0.25, -0.2) is 9.59 Å². The molecule has 1 fully saturated rings. The van der Waals surface area contributed by atoms with Gasteiger partial charge in [-0.1, -0.05) is 0 Å². The number of hydrogen-bond donors (Lipinski definition) is 2. The Hall–Kier alpha value is -1.56. The summed E-state index contributed by atoms with van der Waals surface area (Å²) < 4.78 is 4.63. The lowest BCUT2D eigenvalue weighted by Crippen LogP contribution is -2.41.